The topological polar surface area (TPSA) is 70.1 Å². The summed E-state index contributed by atoms with van der Waals surface area (Å²) in [6.45, 7) is 0.684. The van der Waals surface area contributed by atoms with Crippen molar-refractivity contribution in [3.8, 4) is 28.1 Å². The zero-order chi connectivity index (χ0) is 19.3. The number of hydrogen-bond donors (Lipinski definition) is 1. The number of nitrogens with two attached hydrogens (primary N) is 1. The number of hydrogen-bond acceptors (Lipinski definition) is 3. The minimum Gasteiger partial charge on any atom is -0.410 e. The molecule has 5 heteroatoms. The zero-order valence-corrected chi connectivity index (χ0v) is 15.2. The summed E-state index contributed by atoms with van der Waals surface area (Å²) in [4.78, 5) is 11.3. The molecule has 5 nitrogen and oxygen atoms in total. The molecule has 0 aliphatic rings. The van der Waals surface area contributed by atoms with E-state index < -0.39 is 6.09 Å². The van der Waals surface area contributed by atoms with E-state index >= 15 is 0 Å². The van der Waals surface area contributed by atoms with Crippen LogP contribution in [-0.4, -0.2) is 15.9 Å². The smallest absolute Gasteiger partial charge is 0.409 e. The van der Waals surface area contributed by atoms with Gasteiger partial charge in [0.15, 0.2) is 0 Å². The third-order valence-electron chi connectivity index (χ3n) is 4.36. The number of amides is 1. The summed E-state index contributed by atoms with van der Waals surface area (Å²) in [6.07, 6.45) is 1.09. The summed E-state index contributed by atoms with van der Waals surface area (Å²) in [6, 6.07) is 27.6. The fourth-order valence-electron chi connectivity index (χ4n) is 3.09. The third kappa shape index (κ3) is 4.10. The highest BCUT2D eigenvalue weighted by Gasteiger charge is 2.10. The molecule has 1 aromatic heterocycles. The number of carbonyl (C=O) groups is 1. The van der Waals surface area contributed by atoms with Gasteiger partial charge in [-0.05, 0) is 41.0 Å². The van der Waals surface area contributed by atoms with E-state index in [-0.39, 0.29) is 0 Å². The van der Waals surface area contributed by atoms with E-state index in [0.29, 0.717) is 12.3 Å². The molecule has 4 rings (SSSR count). The van der Waals surface area contributed by atoms with Gasteiger partial charge in [-0.1, -0.05) is 60.7 Å². The molecule has 0 bridgehead atoms. The zero-order valence-electron chi connectivity index (χ0n) is 15.2. The molecular formula is C23H19N3O2. The van der Waals surface area contributed by atoms with Gasteiger partial charge in [-0.15, -0.1) is 0 Å². The van der Waals surface area contributed by atoms with E-state index in [0.717, 1.165) is 22.4 Å². The van der Waals surface area contributed by atoms with Crippen LogP contribution in [0, 0.1) is 0 Å². The first-order chi connectivity index (χ1) is 13.7. The lowest BCUT2D eigenvalue weighted by molar-refractivity contribution is 0.211. The molecule has 4 aromatic rings. The first-order valence-electron chi connectivity index (χ1n) is 8.93. The lowest BCUT2D eigenvalue weighted by Crippen LogP contribution is -2.16. The van der Waals surface area contributed by atoms with E-state index in [9.17, 15) is 4.79 Å². The number of aromatic nitrogens is 2. The van der Waals surface area contributed by atoms with Crippen LogP contribution in [0.5, 0.6) is 5.75 Å². The van der Waals surface area contributed by atoms with Gasteiger partial charge in [0.2, 0.25) is 0 Å². The van der Waals surface area contributed by atoms with Gasteiger partial charge in [0.1, 0.15) is 5.75 Å². The highest BCUT2D eigenvalue weighted by molar-refractivity contribution is 5.76. The van der Waals surface area contributed by atoms with Crippen molar-refractivity contribution in [3.05, 3.63) is 96.7 Å². The Balaban J connectivity index is 1.69. The average molecular weight is 369 g/mol. The van der Waals surface area contributed by atoms with Gasteiger partial charge in [-0.25, -0.2) is 4.79 Å². The lowest BCUT2D eigenvalue weighted by atomic mass is 10.0. The Morgan fingerprint density at radius 3 is 2.25 bits per heavy atom. The molecule has 2 N–H and O–H groups in total. The predicted molar refractivity (Wildman–Crippen MR) is 109 cm³/mol. The third-order valence-corrected chi connectivity index (χ3v) is 4.36. The van der Waals surface area contributed by atoms with E-state index in [2.05, 4.69) is 17.2 Å². The van der Waals surface area contributed by atoms with E-state index in [1.54, 1.807) is 12.1 Å². The molecule has 1 amide bonds. The van der Waals surface area contributed by atoms with Gasteiger partial charge in [0.25, 0.3) is 0 Å². The van der Waals surface area contributed by atoms with Crippen molar-refractivity contribution in [2.45, 2.75) is 6.54 Å². The van der Waals surface area contributed by atoms with Crippen LogP contribution < -0.4 is 10.5 Å². The van der Waals surface area contributed by atoms with Crippen molar-refractivity contribution in [1.82, 2.24) is 9.78 Å². The molecule has 3 aromatic carbocycles. The van der Waals surface area contributed by atoms with Crippen LogP contribution in [0.2, 0.25) is 0 Å². The second-order valence-corrected chi connectivity index (χ2v) is 6.42. The number of benzene rings is 3. The Bertz CT molecular complexity index is 1090. The van der Waals surface area contributed by atoms with Gasteiger partial charge < -0.3 is 10.5 Å². The molecule has 0 spiro atoms. The summed E-state index contributed by atoms with van der Waals surface area (Å²) in [7, 11) is 0. The fraction of sp³-hybridized carbons (Fsp3) is 0.0435. The van der Waals surface area contributed by atoms with Gasteiger partial charge >= 0.3 is 6.09 Å². The molecule has 0 aliphatic heterocycles. The maximum absolute atomic E-state index is 11.3. The predicted octanol–water partition coefficient (Wildman–Crippen LogP) is 4.72. The highest BCUT2D eigenvalue weighted by atomic mass is 16.5. The monoisotopic (exact) mass is 369 g/mol. The summed E-state index contributed by atoms with van der Waals surface area (Å²) >= 11 is 0. The van der Waals surface area contributed by atoms with E-state index in [4.69, 9.17) is 10.5 Å². The van der Waals surface area contributed by atoms with Crippen LogP contribution in [0.15, 0.2) is 91.1 Å². The molecule has 0 unspecified atom stereocenters. The lowest BCUT2D eigenvalue weighted by Gasteiger charge is -2.09. The molecule has 1 heterocycles. The summed E-state index contributed by atoms with van der Waals surface area (Å²) in [5, 5.41) is 4.68. The standard InChI is InChI=1S/C23H19N3O2/c24-23(27)28-21-14-19(18-9-5-2-6-10-18)13-20(15-21)22-11-12-26(25-22)16-17-7-3-1-4-8-17/h1-15H,16H2,(H2,24,27). The van der Waals surface area contributed by atoms with Crippen LogP contribution in [-0.2, 0) is 6.54 Å². The number of primary amides is 1. The van der Waals surface area contributed by atoms with E-state index in [1.807, 2.05) is 71.5 Å². The molecule has 0 fully saturated rings. The molecule has 0 saturated heterocycles. The van der Waals surface area contributed by atoms with Crippen molar-refractivity contribution >= 4 is 6.09 Å². The second kappa shape index (κ2) is 7.80. The van der Waals surface area contributed by atoms with Crippen molar-refractivity contribution in [2.75, 3.05) is 0 Å². The first-order valence-corrected chi connectivity index (χ1v) is 8.93. The quantitative estimate of drug-likeness (QED) is 0.553. The summed E-state index contributed by atoms with van der Waals surface area (Å²) < 4.78 is 7.03. The second-order valence-electron chi connectivity index (χ2n) is 6.42. The maximum Gasteiger partial charge on any atom is 0.409 e. The highest BCUT2D eigenvalue weighted by Crippen LogP contribution is 2.31. The van der Waals surface area contributed by atoms with Crippen molar-refractivity contribution in [1.29, 1.82) is 0 Å². The molecule has 0 radical (unpaired) electrons. The molecule has 28 heavy (non-hydrogen) atoms. The maximum atomic E-state index is 11.3. The van der Waals surface area contributed by atoms with Gasteiger partial charge in [0, 0.05) is 11.8 Å². The summed E-state index contributed by atoms with van der Waals surface area (Å²) in [5.74, 6) is 0.390. The Labute approximate surface area is 163 Å². The van der Waals surface area contributed by atoms with Crippen molar-refractivity contribution < 1.29 is 9.53 Å². The molecule has 0 aliphatic carbocycles. The van der Waals surface area contributed by atoms with Gasteiger partial charge in [-0.3, -0.25) is 4.68 Å². The fourth-order valence-corrected chi connectivity index (χ4v) is 3.09. The Morgan fingerprint density at radius 1 is 0.857 bits per heavy atom. The molecule has 0 saturated carbocycles. The van der Waals surface area contributed by atoms with Gasteiger partial charge in [-0.2, -0.15) is 5.10 Å². The van der Waals surface area contributed by atoms with Gasteiger partial charge in [0.05, 0.1) is 12.2 Å². The minimum absolute atomic E-state index is 0.390. The number of ether oxygens (including phenoxy) is 1. The number of nitrogens with zero attached hydrogens (tertiary/aromatic N) is 2. The van der Waals surface area contributed by atoms with Crippen molar-refractivity contribution in [2.24, 2.45) is 5.73 Å². The Hall–Kier alpha value is -3.86. The number of carbonyl (C=O) groups excluding carboxylic acids is 1. The molecule has 0 atom stereocenters. The van der Waals surface area contributed by atoms with Crippen LogP contribution >= 0.6 is 0 Å². The normalized spacial score (nSPS) is 10.6. The summed E-state index contributed by atoms with van der Waals surface area (Å²) in [5.41, 5.74) is 9.97. The Kier molecular flexibility index (Phi) is 4.89. The number of rotatable bonds is 5. The largest absolute Gasteiger partial charge is 0.410 e. The van der Waals surface area contributed by atoms with E-state index in [1.165, 1.54) is 5.56 Å². The SMILES string of the molecule is NC(=O)Oc1cc(-c2ccccc2)cc(-c2ccn(Cc3ccccc3)n2)c1. The van der Waals surface area contributed by atoms with Crippen LogP contribution in [0.25, 0.3) is 22.4 Å². The molecular weight excluding hydrogens is 350 g/mol. The minimum atomic E-state index is -0.842. The average Bonchev–Trinajstić information content (AvgIpc) is 3.17. The first kappa shape index (κ1) is 17.5. The van der Waals surface area contributed by atoms with Crippen LogP contribution in [0.4, 0.5) is 4.79 Å². The Morgan fingerprint density at radius 2 is 1.54 bits per heavy atom. The molecule has 138 valence electrons. The van der Waals surface area contributed by atoms with Crippen LogP contribution in [0.3, 0.4) is 0 Å². The van der Waals surface area contributed by atoms with Crippen LogP contribution in [0.1, 0.15) is 5.56 Å². The van der Waals surface area contributed by atoms with Crippen molar-refractivity contribution in [3.63, 3.8) is 0 Å².